The van der Waals surface area contributed by atoms with Crippen molar-refractivity contribution in [3.63, 3.8) is 0 Å². The van der Waals surface area contributed by atoms with Crippen LogP contribution in [0.3, 0.4) is 0 Å². The highest BCUT2D eigenvalue weighted by Gasteiger charge is 2.19. The quantitative estimate of drug-likeness (QED) is 0.326. The molecule has 0 unspecified atom stereocenters. The van der Waals surface area contributed by atoms with Crippen molar-refractivity contribution in [3.05, 3.63) is 47.3 Å². The van der Waals surface area contributed by atoms with Crippen LogP contribution in [0.25, 0.3) is 5.69 Å². The highest BCUT2D eigenvalue weighted by atomic mass is 127. The molecule has 1 aromatic heterocycles. The number of rotatable bonds is 7. The van der Waals surface area contributed by atoms with Crippen molar-refractivity contribution in [2.45, 2.75) is 59.5 Å². The second kappa shape index (κ2) is 12.3. The van der Waals surface area contributed by atoms with Gasteiger partial charge in [-0.2, -0.15) is 5.10 Å². The number of halogens is 1. The maximum Gasteiger partial charge on any atom is 0.191 e. The van der Waals surface area contributed by atoms with Gasteiger partial charge < -0.3 is 15.5 Å². The lowest BCUT2D eigenvalue weighted by molar-refractivity contribution is 0.206. The van der Waals surface area contributed by atoms with Crippen molar-refractivity contribution in [3.8, 4) is 5.69 Å². The molecule has 0 spiro atoms. The van der Waals surface area contributed by atoms with Crippen molar-refractivity contribution < 1.29 is 0 Å². The maximum atomic E-state index is 4.90. The molecule has 2 heterocycles. The Balaban J connectivity index is 0.00000320. The van der Waals surface area contributed by atoms with Crippen molar-refractivity contribution in [2.24, 2.45) is 4.99 Å². The van der Waals surface area contributed by atoms with Crippen molar-refractivity contribution in [1.82, 2.24) is 25.3 Å². The number of hydrogen-bond acceptors (Lipinski definition) is 3. The van der Waals surface area contributed by atoms with E-state index in [4.69, 9.17) is 4.99 Å². The van der Waals surface area contributed by atoms with Crippen LogP contribution in [-0.2, 0) is 6.54 Å². The topological polar surface area (TPSA) is 57.5 Å². The summed E-state index contributed by atoms with van der Waals surface area (Å²) in [6.45, 7) is 13.5. The number of aryl methyl sites for hydroxylation is 2. The van der Waals surface area contributed by atoms with Gasteiger partial charge in [-0.3, -0.25) is 0 Å². The molecule has 2 N–H and O–H groups in total. The third-order valence-corrected chi connectivity index (χ3v) is 5.45. The lowest BCUT2D eigenvalue weighted by Gasteiger charge is -2.32. The minimum Gasteiger partial charge on any atom is -0.357 e. The van der Waals surface area contributed by atoms with Crippen LogP contribution in [0.1, 0.15) is 50.1 Å². The molecule has 1 aliphatic heterocycles. The third kappa shape index (κ3) is 6.70. The lowest BCUT2D eigenvalue weighted by atomic mass is 10.1. The van der Waals surface area contributed by atoms with E-state index < -0.39 is 0 Å². The van der Waals surface area contributed by atoms with Gasteiger partial charge in [0.25, 0.3) is 0 Å². The molecule has 166 valence electrons. The Morgan fingerprint density at radius 1 is 1.17 bits per heavy atom. The van der Waals surface area contributed by atoms with Gasteiger partial charge in [0.15, 0.2) is 5.96 Å². The van der Waals surface area contributed by atoms with E-state index in [1.807, 2.05) is 11.6 Å². The zero-order valence-corrected chi connectivity index (χ0v) is 21.1. The Hall–Kier alpha value is -1.61. The molecular formula is C23H37IN6. The molecular weight excluding hydrogens is 487 g/mol. The zero-order valence-electron chi connectivity index (χ0n) is 18.8. The highest BCUT2D eigenvalue weighted by Crippen LogP contribution is 2.18. The largest absolute Gasteiger partial charge is 0.357 e. The SMILES string of the molecule is CCCN1CCC(NC(=NCc2ccccc2-n2nc(C)cc2C)NCC)CC1.I. The number of aliphatic imine (C=N–C) groups is 1. The Kier molecular flexibility index (Phi) is 10.1. The standard InChI is InChI=1S/C23H36N6.HI/c1-5-13-28-14-11-21(12-15-28)26-23(24-6-2)25-17-20-9-7-8-10-22(20)29-19(4)16-18(3)27-29;/h7-10,16,21H,5-6,11-15,17H2,1-4H3,(H2,24,25,26);1H. The summed E-state index contributed by atoms with van der Waals surface area (Å²) < 4.78 is 2.02. The van der Waals surface area contributed by atoms with Gasteiger partial charge in [-0.1, -0.05) is 25.1 Å². The van der Waals surface area contributed by atoms with E-state index in [9.17, 15) is 0 Å². The number of hydrogen-bond donors (Lipinski definition) is 2. The van der Waals surface area contributed by atoms with Crippen LogP contribution in [0.5, 0.6) is 0 Å². The monoisotopic (exact) mass is 524 g/mol. The molecule has 30 heavy (non-hydrogen) atoms. The molecule has 7 heteroatoms. The van der Waals surface area contributed by atoms with Crippen LogP contribution in [0.15, 0.2) is 35.3 Å². The second-order valence-corrected chi connectivity index (χ2v) is 7.92. The highest BCUT2D eigenvalue weighted by molar-refractivity contribution is 14.0. The summed E-state index contributed by atoms with van der Waals surface area (Å²) in [5.41, 5.74) is 4.45. The minimum atomic E-state index is 0. The van der Waals surface area contributed by atoms with E-state index in [1.54, 1.807) is 0 Å². The molecule has 6 nitrogen and oxygen atoms in total. The Bertz CT molecular complexity index is 808. The third-order valence-electron chi connectivity index (χ3n) is 5.45. The molecule has 0 bridgehead atoms. The predicted molar refractivity (Wildman–Crippen MR) is 136 cm³/mol. The number of benzene rings is 1. The first-order valence-electron chi connectivity index (χ1n) is 11.0. The van der Waals surface area contributed by atoms with Gasteiger partial charge >= 0.3 is 0 Å². The summed E-state index contributed by atoms with van der Waals surface area (Å²) in [7, 11) is 0. The molecule has 1 fully saturated rings. The molecule has 0 radical (unpaired) electrons. The van der Waals surface area contributed by atoms with Gasteiger partial charge in [-0.25, -0.2) is 9.67 Å². The molecule has 0 aliphatic carbocycles. The number of para-hydroxylation sites is 1. The van der Waals surface area contributed by atoms with Gasteiger partial charge in [0.1, 0.15) is 0 Å². The number of likely N-dealkylation sites (tertiary alicyclic amines) is 1. The number of nitrogens with zero attached hydrogens (tertiary/aromatic N) is 4. The van der Waals surface area contributed by atoms with E-state index in [1.165, 1.54) is 44.5 Å². The predicted octanol–water partition coefficient (Wildman–Crippen LogP) is 4.04. The second-order valence-electron chi connectivity index (χ2n) is 7.92. The van der Waals surface area contributed by atoms with Crippen LogP contribution >= 0.6 is 24.0 Å². The fraction of sp³-hybridized carbons (Fsp3) is 0.565. The summed E-state index contributed by atoms with van der Waals surface area (Å²) >= 11 is 0. The average Bonchev–Trinajstić information content (AvgIpc) is 3.06. The Morgan fingerprint density at radius 3 is 2.53 bits per heavy atom. The fourth-order valence-electron chi connectivity index (χ4n) is 4.02. The van der Waals surface area contributed by atoms with Crippen LogP contribution in [0.2, 0.25) is 0 Å². The molecule has 0 atom stereocenters. The van der Waals surface area contributed by atoms with Gasteiger partial charge in [0.2, 0.25) is 0 Å². The Labute approximate surface area is 198 Å². The van der Waals surface area contributed by atoms with Gasteiger partial charge in [-0.05, 0) is 64.3 Å². The van der Waals surface area contributed by atoms with E-state index in [-0.39, 0.29) is 24.0 Å². The fourth-order valence-corrected chi connectivity index (χ4v) is 4.02. The van der Waals surface area contributed by atoms with Crippen LogP contribution in [0, 0.1) is 13.8 Å². The van der Waals surface area contributed by atoms with Crippen LogP contribution in [-0.4, -0.2) is 52.9 Å². The summed E-state index contributed by atoms with van der Waals surface area (Å²) in [6, 6.07) is 11.0. The molecule has 2 aromatic rings. The first-order chi connectivity index (χ1) is 14.1. The van der Waals surface area contributed by atoms with Crippen LogP contribution < -0.4 is 10.6 Å². The normalized spacial score (nSPS) is 15.7. The zero-order chi connectivity index (χ0) is 20.6. The van der Waals surface area contributed by atoms with E-state index in [0.29, 0.717) is 12.6 Å². The average molecular weight is 524 g/mol. The van der Waals surface area contributed by atoms with Gasteiger partial charge in [-0.15, -0.1) is 24.0 Å². The van der Waals surface area contributed by atoms with Crippen molar-refractivity contribution in [1.29, 1.82) is 0 Å². The van der Waals surface area contributed by atoms with Gasteiger partial charge in [0, 0.05) is 31.4 Å². The number of piperidine rings is 1. The lowest BCUT2D eigenvalue weighted by Crippen LogP contribution is -2.48. The van der Waals surface area contributed by atoms with E-state index >= 15 is 0 Å². The Morgan fingerprint density at radius 2 is 1.90 bits per heavy atom. The summed E-state index contributed by atoms with van der Waals surface area (Å²) in [5, 5.41) is 11.7. The molecule has 3 rings (SSSR count). The minimum absolute atomic E-state index is 0. The van der Waals surface area contributed by atoms with Crippen molar-refractivity contribution >= 4 is 29.9 Å². The summed E-state index contributed by atoms with van der Waals surface area (Å²) in [5.74, 6) is 0.907. The maximum absolute atomic E-state index is 4.90. The number of guanidine groups is 1. The summed E-state index contributed by atoms with van der Waals surface area (Å²) in [4.78, 5) is 7.46. The first-order valence-corrected chi connectivity index (χ1v) is 11.0. The number of nitrogens with one attached hydrogen (secondary N) is 2. The van der Waals surface area contributed by atoms with E-state index in [0.717, 1.165) is 29.6 Å². The molecule has 0 saturated carbocycles. The first kappa shape index (κ1) is 24.7. The van der Waals surface area contributed by atoms with Crippen molar-refractivity contribution in [2.75, 3.05) is 26.2 Å². The molecule has 1 aliphatic rings. The van der Waals surface area contributed by atoms with Crippen LogP contribution in [0.4, 0.5) is 0 Å². The molecule has 1 saturated heterocycles. The van der Waals surface area contributed by atoms with Gasteiger partial charge in [0.05, 0.1) is 17.9 Å². The smallest absolute Gasteiger partial charge is 0.191 e. The number of aromatic nitrogens is 2. The van der Waals surface area contributed by atoms with E-state index in [2.05, 4.69) is 71.7 Å². The molecule has 1 aromatic carbocycles. The summed E-state index contributed by atoms with van der Waals surface area (Å²) in [6.07, 6.45) is 3.58. The molecule has 0 amide bonds.